The minimum Gasteiger partial charge on any atom is -0.304 e. The zero-order chi connectivity index (χ0) is 10.1. The van der Waals surface area contributed by atoms with Gasteiger partial charge in [-0.15, -0.1) is 0 Å². The van der Waals surface area contributed by atoms with Gasteiger partial charge in [-0.25, -0.2) is 0 Å². The molecule has 0 heterocycles. The summed E-state index contributed by atoms with van der Waals surface area (Å²) in [5, 5.41) is 15.5. The molecule has 0 aliphatic heterocycles. The Balaban J connectivity index is 0.000000226. The molecule has 66 valence electrons. The van der Waals surface area contributed by atoms with Crippen LogP contribution in [0.3, 0.4) is 0 Å². The summed E-state index contributed by atoms with van der Waals surface area (Å²) in [4.78, 5) is 0. The van der Waals surface area contributed by atoms with Crippen molar-refractivity contribution in [3.8, 4) is 12.1 Å². The Morgan fingerprint density at radius 1 is 1.15 bits per heavy atom. The molecule has 0 saturated heterocycles. The number of nitrogens with zero attached hydrogens (tertiary/aromatic N) is 2. The predicted octanol–water partition coefficient (Wildman–Crippen LogP) is 1.36. The minimum absolute atomic E-state index is 0.954. The number of benzene rings is 1. The summed E-state index contributed by atoms with van der Waals surface area (Å²) in [5.74, 6) is 0. The second-order valence-electron chi connectivity index (χ2n) is 2.39. The average Bonchev–Trinajstić information content (AvgIpc) is 2.19. The highest BCUT2D eigenvalue weighted by molar-refractivity contribution is 5.11. The zero-order valence-electron chi connectivity index (χ0n) is 7.44. The van der Waals surface area contributed by atoms with E-state index in [-0.39, 0.29) is 0 Å². The van der Waals surface area contributed by atoms with Gasteiger partial charge in [-0.3, -0.25) is 0 Å². The van der Waals surface area contributed by atoms with Crippen molar-refractivity contribution in [3.05, 3.63) is 35.9 Å². The van der Waals surface area contributed by atoms with E-state index in [0.29, 0.717) is 0 Å². The SMILES string of the molecule is Cc1ccccc1.N#CC(N)C#N. The van der Waals surface area contributed by atoms with Gasteiger partial charge in [0, 0.05) is 0 Å². The average molecular weight is 173 g/mol. The predicted molar refractivity (Wildman–Crippen MR) is 50.4 cm³/mol. The summed E-state index contributed by atoms with van der Waals surface area (Å²) >= 11 is 0. The highest BCUT2D eigenvalue weighted by atomic mass is 14.6. The molecule has 0 amide bonds. The van der Waals surface area contributed by atoms with E-state index in [0.717, 1.165) is 0 Å². The van der Waals surface area contributed by atoms with Gasteiger partial charge in [0.05, 0.1) is 12.1 Å². The number of nitriles is 2. The highest BCUT2D eigenvalue weighted by Crippen LogP contribution is 1.92. The van der Waals surface area contributed by atoms with E-state index < -0.39 is 6.04 Å². The summed E-state index contributed by atoms with van der Waals surface area (Å²) in [6.07, 6.45) is 0. The Labute approximate surface area is 78.0 Å². The first-order valence-corrected chi connectivity index (χ1v) is 3.77. The van der Waals surface area contributed by atoms with Crippen LogP contribution in [0.5, 0.6) is 0 Å². The molecule has 0 radical (unpaired) electrons. The fraction of sp³-hybridized carbons (Fsp3) is 0.200. The number of hydrogen-bond donors (Lipinski definition) is 1. The van der Waals surface area contributed by atoms with E-state index in [1.807, 2.05) is 18.2 Å². The zero-order valence-corrected chi connectivity index (χ0v) is 7.44. The van der Waals surface area contributed by atoms with Crippen LogP contribution in [-0.4, -0.2) is 6.04 Å². The molecule has 3 nitrogen and oxygen atoms in total. The molecule has 0 saturated carbocycles. The molecule has 1 rings (SSSR count). The first-order valence-electron chi connectivity index (χ1n) is 3.77. The molecule has 3 heteroatoms. The maximum atomic E-state index is 7.74. The van der Waals surface area contributed by atoms with Gasteiger partial charge in [0.25, 0.3) is 0 Å². The monoisotopic (exact) mass is 173 g/mol. The second kappa shape index (κ2) is 6.84. The number of rotatable bonds is 0. The van der Waals surface area contributed by atoms with Crippen molar-refractivity contribution in [2.45, 2.75) is 13.0 Å². The lowest BCUT2D eigenvalue weighted by atomic mass is 10.2. The smallest absolute Gasteiger partial charge is 0.181 e. The molecule has 1 aromatic carbocycles. The normalized spacial score (nSPS) is 7.77. The van der Waals surface area contributed by atoms with E-state index in [4.69, 9.17) is 16.3 Å². The molecule has 13 heavy (non-hydrogen) atoms. The van der Waals surface area contributed by atoms with Crippen LogP contribution in [-0.2, 0) is 0 Å². The summed E-state index contributed by atoms with van der Waals surface area (Å²) in [6.45, 7) is 2.08. The molecular weight excluding hydrogens is 162 g/mol. The summed E-state index contributed by atoms with van der Waals surface area (Å²) < 4.78 is 0. The van der Waals surface area contributed by atoms with Gasteiger partial charge in [0.15, 0.2) is 6.04 Å². The summed E-state index contributed by atoms with van der Waals surface area (Å²) in [5.41, 5.74) is 6.07. The van der Waals surface area contributed by atoms with Crippen LogP contribution in [0.15, 0.2) is 30.3 Å². The number of hydrogen-bond acceptors (Lipinski definition) is 3. The third-order valence-corrected chi connectivity index (χ3v) is 1.22. The molecular formula is C10H11N3. The van der Waals surface area contributed by atoms with Crippen molar-refractivity contribution < 1.29 is 0 Å². The lowest BCUT2D eigenvalue weighted by Crippen LogP contribution is -2.12. The minimum atomic E-state index is -0.954. The molecule has 1 aromatic rings. The van der Waals surface area contributed by atoms with Gasteiger partial charge >= 0.3 is 0 Å². The molecule has 0 bridgehead atoms. The quantitative estimate of drug-likeness (QED) is 0.643. The van der Waals surface area contributed by atoms with E-state index >= 15 is 0 Å². The third-order valence-electron chi connectivity index (χ3n) is 1.22. The Morgan fingerprint density at radius 3 is 1.77 bits per heavy atom. The summed E-state index contributed by atoms with van der Waals surface area (Å²) in [7, 11) is 0. The van der Waals surface area contributed by atoms with Crippen molar-refractivity contribution in [2.75, 3.05) is 0 Å². The lowest BCUT2D eigenvalue weighted by molar-refractivity contribution is 1.05. The van der Waals surface area contributed by atoms with E-state index in [1.165, 1.54) is 17.7 Å². The van der Waals surface area contributed by atoms with Gasteiger partial charge in [0.2, 0.25) is 0 Å². The van der Waals surface area contributed by atoms with Gasteiger partial charge < -0.3 is 5.73 Å². The van der Waals surface area contributed by atoms with E-state index in [2.05, 4.69) is 19.1 Å². The van der Waals surface area contributed by atoms with Crippen molar-refractivity contribution in [3.63, 3.8) is 0 Å². The van der Waals surface area contributed by atoms with Gasteiger partial charge in [-0.1, -0.05) is 35.9 Å². The molecule has 0 aliphatic rings. The molecule has 0 atom stereocenters. The Kier molecular flexibility index (Phi) is 5.88. The topological polar surface area (TPSA) is 73.6 Å². The Hall–Kier alpha value is -1.84. The van der Waals surface area contributed by atoms with E-state index in [9.17, 15) is 0 Å². The second-order valence-corrected chi connectivity index (χ2v) is 2.39. The fourth-order valence-corrected chi connectivity index (χ4v) is 0.563. The van der Waals surface area contributed by atoms with Gasteiger partial charge in [-0.05, 0) is 6.92 Å². The van der Waals surface area contributed by atoms with E-state index in [1.54, 1.807) is 0 Å². The molecule has 0 unspecified atom stereocenters. The van der Waals surface area contributed by atoms with Crippen LogP contribution in [0, 0.1) is 29.6 Å². The first kappa shape index (κ1) is 11.2. The van der Waals surface area contributed by atoms with Crippen LogP contribution >= 0.6 is 0 Å². The third kappa shape index (κ3) is 6.55. The maximum Gasteiger partial charge on any atom is 0.181 e. The van der Waals surface area contributed by atoms with Gasteiger partial charge in [0.1, 0.15) is 0 Å². The Bertz CT molecular complexity index is 291. The van der Waals surface area contributed by atoms with Gasteiger partial charge in [-0.2, -0.15) is 10.5 Å². The van der Waals surface area contributed by atoms with Crippen molar-refractivity contribution >= 4 is 0 Å². The van der Waals surface area contributed by atoms with Crippen molar-refractivity contribution in [2.24, 2.45) is 5.73 Å². The largest absolute Gasteiger partial charge is 0.304 e. The molecule has 0 aliphatic carbocycles. The standard InChI is InChI=1S/C7H8.C3H3N3/c1-7-5-3-2-4-6-7;4-1-3(6)2-5/h2-6H,1H3;3H,6H2. The van der Waals surface area contributed by atoms with Crippen LogP contribution in [0.4, 0.5) is 0 Å². The maximum absolute atomic E-state index is 7.74. The van der Waals surface area contributed by atoms with Crippen molar-refractivity contribution in [1.29, 1.82) is 10.5 Å². The van der Waals surface area contributed by atoms with Crippen molar-refractivity contribution in [1.82, 2.24) is 0 Å². The molecule has 0 fully saturated rings. The highest BCUT2D eigenvalue weighted by Gasteiger charge is 1.88. The van der Waals surface area contributed by atoms with Crippen LogP contribution in [0.25, 0.3) is 0 Å². The Morgan fingerprint density at radius 2 is 1.62 bits per heavy atom. The van der Waals surface area contributed by atoms with Crippen LogP contribution in [0.1, 0.15) is 5.56 Å². The molecule has 0 aromatic heterocycles. The summed E-state index contributed by atoms with van der Waals surface area (Å²) in [6, 6.07) is 12.4. The lowest BCUT2D eigenvalue weighted by Gasteiger charge is -1.82. The number of nitrogens with two attached hydrogens (primary N) is 1. The number of aryl methyl sites for hydroxylation is 1. The molecule has 2 N–H and O–H groups in total. The first-order chi connectivity index (χ1) is 6.20. The van der Waals surface area contributed by atoms with Crippen LogP contribution in [0.2, 0.25) is 0 Å². The molecule has 0 spiro atoms. The fourth-order valence-electron chi connectivity index (χ4n) is 0.563. The van der Waals surface area contributed by atoms with Crippen LogP contribution < -0.4 is 5.73 Å².